The van der Waals surface area contributed by atoms with Gasteiger partial charge < -0.3 is 10.6 Å². The van der Waals surface area contributed by atoms with Gasteiger partial charge in [-0.1, -0.05) is 12.1 Å². The van der Waals surface area contributed by atoms with Crippen molar-refractivity contribution in [2.45, 2.75) is 20.3 Å². The van der Waals surface area contributed by atoms with E-state index in [0.717, 1.165) is 0 Å². The Balaban J connectivity index is 3.91. The summed E-state index contributed by atoms with van der Waals surface area (Å²) in [6, 6.07) is 0. The van der Waals surface area contributed by atoms with Crippen LogP contribution in [0.25, 0.3) is 0 Å². The maximum absolute atomic E-state index is 10.4. The van der Waals surface area contributed by atoms with Gasteiger partial charge in [-0.25, -0.2) is 0 Å². The van der Waals surface area contributed by atoms with E-state index in [4.69, 9.17) is 5.73 Å². The van der Waals surface area contributed by atoms with Gasteiger partial charge >= 0.3 is 0 Å². The van der Waals surface area contributed by atoms with Crippen molar-refractivity contribution < 1.29 is 9.63 Å². The van der Waals surface area contributed by atoms with Crippen molar-refractivity contribution in [1.82, 2.24) is 0 Å². The van der Waals surface area contributed by atoms with Crippen molar-refractivity contribution in [3.05, 3.63) is 0 Å². The number of rotatable bonds is 4. The molecular weight excluding hydrogens is 132 g/mol. The Labute approximate surface area is 60.0 Å². The number of nitrogens with two attached hydrogens (primary N) is 1. The summed E-state index contributed by atoms with van der Waals surface area (Å²) >= 11 is 0. The molecule has 2 N–H and O–H groups in total. The average molecular weight is 144 g/mol. The van der Waals surface area contributed by atoms with E-state index in [1.165, 1.54) is 0 Å². The first kappa shape index (κ1) is 8.94. The number of hydrogen-bond donors (Lipinski definition) is 1. The van der Waals surface area contributed by atoms with Crippen molar-refractivity contribution >= 4 is 11.6 Å². The Kier molecular flexibility index (Phi) is 4.28. The van der Waals surface area contributed by atoms with E-state index in [1.807, 2.05) is 0 Å². The smallest absolute Gasteiger partial charge is 0.266 e. The summed E-state index contributed by atoms with van der Waals surface area (Å²) in [7, 11) is 0. The van der Waals surface area contributed by atoms with Crippen molar-refractivity contribution in [3.8, 4) is 0 Å². The number of primary amides is 1. The van der Waals surface area contributed by atoms with Crippen LogP contribution in [0.15, 0.2) is 5.16 Å². The number of oxime groups is 1. The minimum Gasteiger partial charge on any atom is -0.396 e. The van der Waals surface area contributed by atoms with E-state index in [1.54, 1.807) is 13.8 Å². The zero-order chi connectivity index (χ0) is 7.98. The van der Waals surface area contributed by atoms with Crippen LogP contribution in [0.2, 0.25) is 0 Å². The summed E-state index contributed by atoms with van der Waals surface area (Å²) in [4.78, 5) is 15.1. The van der Waals surface area contributed by atoms with Gasteiger partial charge in [0.05, 0.1) is 0 Å². The maximum Gasteiger partial charge on any atom is 0.266 e. The zero-order valence-electron chi connectivity index (χ0n) is 6.26. The Hall–Kier alpha value is -1.06. The predicted molar refractivity (Wildman–Crippen MR) is 38.5 cm³/mol. The summed E-state index contributed by atoms with van der Waals surface area (Å²) in [5, 5.41) is 3.50. The first-order valence-corrected chi connectivity index (χ1v) is 3.21. The molecule has 4 nitrogen and oxygen atoms in total. The standard InChI is InChI=1S/C6H12N2O2/c1-3-5(6(7)9)8-10-4-2/h3-4H2,1-2H3,(H2,7,9)/b8-5+. The number of nitrogens with zero attached hydrogens (tertiary/aromatic N) is 1. The van der Waals surface area contributed by atoms with Gasteiger partial charge in [0.2, 0.25) is 0 Å². The Morgan fingerprint density at radius 2 is 2.20 bits per heavy atom. The number of amides is 1. The van der Waals surface area contributed by atoms with Crippen LogP contribution in [0.4, 0.5) is 0 Å². The fourth-order valence-corrected chi connectivity index (χ4v) is 0.426. The lowest BCUT2D eigenvalue weighted by molar-refractivity contribution is -0.112. The Morgan fingerprint density at radius 1 is 1.60 bits per heavy atom. The molecule has 0 aromatic heterocycles. The molecule has 0 radical (unpaired) electrons. The van der Waals surface area contributed by atoms with E-state index >= 15 is 0 Å². The molecular formula is C6H12N2O2. The number of carbonyl (C=O) groups excluding carboxylic acids is 1. The first-order chi connectivity index (χ1) is 4.72. The van der Waals surface area contributed by atoms with Gasteiger partial charge in [0.25, 0.3) is 5.91 Å². The van der Waals surface area contributed by atoms with Crippen molar-refractivity contribution in [3.63, 3.8) is 0 Å². The SMILES string of the molecule is CCO/N=C(\CC)C(N)=O. The highest BCUT2D eigenvalue weighted by Crippen LogP contribution is 1.86. The Bertz CT molecular complexity index is 143. The number of carbonyl (C=O) groups is 1. The summed E-state index contributed by atoms with van der Waals surface area (Å²) < 4.78 is 0. The molecule has 0 aromatic carbocycles. The third-order valence-electron chi connectivity index (χ3n) is 0.923. The normalized spacial score (nSPS) is 11.2. The second-order valence-corrected chi connectivity index (χ2v) is 1.67. The van der Waals surface area contributed by atoms with Crippen LogP contribution >= 0.6 is 0 Å². The summed E-state index contributed by atoms with van der Waals surface area (Å²) in [6.45, 7) is 4.04. The first-order valence-electron chi connectivity index (χ1n) is 3.21. The maximum atomic E-state index is 10.4. The third kappa shape index (κ3) is 3.06. The van der Waals surface area contributed by atoms with Gasteiger partial charge in [0.1, 0.15) is 12.3 Å². The van der Waals surface area contributed by atoms with Crippen molar-refractivity contribution in [2.75, 3.05) is 6.61 Å². The van der Waals surface area contributed by atoms with E-state index < -0.39 is 5.91 Å². The second-order valence-electron chi connectivity index (χ2n) is 1.67. The molecule has 10 heavy (non-hydrogen) atoms. The molecule has 0 atom stereocenters. The topological polar surface area (TPSA) is 64.7 Å². The summed E-state index contributed by atoms with van der Waals surface area (Å²) in [5.74, 6) is -0.518. The van der Waals surface area contributed by atoms with E-state index in [0.29, 0.717) is 13.0 Å². The van der Waals surface area contributed by atoms with Crippen LogP contribution in [0, 0.1) is 0 Å². The van der Waals surface area contributed by atoms with Gasteiger partial charge in [-0.05, 0) is 13.3 Å². The highest BCUT2D eigenvalue weighted by molar-refractivity contribution is 6.38. The molecule has 0 aliphatic heterocycles. The molecule has 0 saturated heterocycles. The molecule has 0 spiro atoms. The quantitative estimate of drug-likeness (QED) is 0.454. The lowest BCUT2D eigenvalue weighted by atomic mass is 10.3. The largest absolute Gasteiger partial charge is 0.396 e. The monoisotopic (exact) mass is 144 g/mol. The van der Waals surface area contributed by atoms with E-state index in [2.05, 4.69) is 9.99 Å². The van der Waals surface area contributed by atoms with Crippen LogP contribution in [-0.2, 0) is 9.63 Å². The van der Waals surface area contributed by atoms with Crippen molar-refractivity contribution in [1.29, 1.82) is 0 Å². The van der Waals surface area contributed by atoms with Crippen LogP contribution in [0.3, 0.4) is 0 Å². The van der Waals surface area contributed by atoms with Gasteiger partial charge in [0, 0.05) is 0 Å². The predicted octanol–water partition coefficient (Wildman–Crippen LogP) is 0.274. The highest BCUT2D eigenvalue weighted by atomic mass is 16.6. The second kappa shape index (κ2) is 4.78. The van der Waals surface area contributed by atoms with E-state index in [9.17, 15) is 4.79 Å². The van der Waals surface area contributed by atoms with Gasteiger partial charge in [-0.2, -0.15) is 0 Å². The van der Waals surface area contributed by atoms with Crippen LogP contribution in [0.5, 0.6) is 0 Å². The third-order valence-corrected chi connectivity index (χ3v) is 0.923. The molecule has 58 valence electrons. The van der Waals surface area contributed by atoms with Crippen LogP contribution in [0.1, 0.15) is 20.3 Å². The van der Waals surface area contributed by atoms with Gasteiger partial charge in [0.15, 0.2) is 0 Å². The highest BCUT2D eigenvalue weighted by Gasteiger charge is 2.02. The minimum atomic E-state index is -0.518. The fourth-order valence-electron chi connectivity index (χ4n) is 0.426. The Morgan fingerprint density at radius 3 is 2.50 bits per heavy atom. The summed E-state index contributed by atoms with van der Waals surface area (Å²) in [5.41, 5.74) is 5.22. The molecule has 0 aliphatic carbocycles. The molecule has 0 bridgehead atoms. The van der Waals surface area contributed by atoms with Gasteiger partial charge in [-0.3, -0.25) is 4.79 Å². The minimum absolute atomic E-state index is 0.279. The molecule has 0 fully saturated rings. The average Bonchev–Trinajstić information content (AvgIpc) is 1.89. The van der Waals surface area contributed by atoms with E-state index in [-0.39, 0.29) is 5.71 Å². The molecule has 0 unspecified atom stereocenters. The van der Waals surface area contributed by atoms with Gasteiger partial charge in [-0.15, -0.1) is 0 Å². The molecule has 0 aliphatic rings. The molecule has 1 amide bonds. The number of hydrogen-bond acceptors (Lipinski definition) is 3. The molecule has 0 aromatic rings. The zero-order valence-corrected chi connectivity index (χ0v) is 6.26. The van der Waals surface area contributed by atoms with Crippen LogP contribution < -0.4 is 5.73 Å². The molecule has 0 heterocycles. The lowest BCUT2D eigenvalue weighted by Crippen LogP contribution is -2.22. The molecule has 0 saturated carbocycles. The molecule has 0 rings (SSSR count). The van der Waals surface area contributed by atoms with Crippen LogP contribution in [-0.4, -0.2) is 18.2 Å². The summed E-state index contributed by atoms with van der Waals surface area (Å²) in [6.07, 6.45) is 0.509. The molecule has 4 heteroatoms. The fraction of sp³-hybridized carbons (Fsp3) is 0.667. The lowest BCUT2D eigenvalue weighted by Gasteiger charge is -1.96. The van der Waals surface area contributed by atoms with Crippen molar-refractivity contribution in [2.24, 2.45) is 10.9 Å².